The summed E-state index contributed by atoms with van der Waals surface area (Å²) in [6, 6.07) is 0. The molecule has 2 aliphatic rings. The van der Waals surface area contributed by atoms with Gasteiger partial charge in [0.2, 0.25) is 0 Å². The van der Waals surface area contributed by atoms with Crippen LogP contribution in [0.15, 0.2) is 0 Å². The molecule has 2 N–H and O–H groups in total. The Morgan fingerprint density at radius 3 is 2.86 bits per heavy atom. The molecular weight excluding hydrogens is 174 g/mol. The Balaban J connectivity index is 2.04. The van der Waals surface area contributed by atoms with E-state index in [1.165, 1.54) is 30.8 Å². The summed E-state index contributed by atoms with van der Waals surface area (Å²) in [4.78, 5) is 4.53. The third-order valence-electron chi connectivity index (χ3n) is 3.46. The van der Waals surface area contributed by atoms with Crippen LogP contribution in [0.5, 0.6) is 0 Å². The molecule has 0 radical (unpaired) electrons. The molecule has 1 aromatic rings. The second-order valence-electron chi connectivity index (χ2n) is 4.83. The second-order valence-corrected chi connectivity index (χ2v) is 4.83. The number of nitrogen functional groups attached to an aromatic ring is 1. The first-order valence-corrected chi connectivity index (χ1v) is 5.60. The lowest BCUT2D eigenvalue weighted by Gasteiger charge is -2.22. The number of fused-ring (bicyclic) bond motifs is 1. The maximum atomic E-state index is 5.96. The maximum Gasteiger partial charge on any atom is 0.145 e. The summed E-state index contributed by atoms with van der Waals surface area (Å²) in [5.74, 6) is 3.55. The van der Waals surface area contributed by atoms with Crippen molar-refractivity contribution in [3.63, 3.8) is 0 Å². The minimum Gasteiger partial charge on any atom is -0.382 e. The van der Waals surface area contributed by atoms with Crippen molar-refractivity contribution in [1.29, 1.82) is 0 Å². The maximum absolute atomic E-state index is 5.96. The Morgan fingerprint density at radius 2 is 2.14 bits per heavy atom. The van der Waals surface area contributed by atoms with Crippen molar-refractivity contribution in [2.24, 2.45) is 5.92 Å². The van der Waals surface area contributed by atoms with Crippen LogP contribution in [-0.4, -0.2) is 9.55 Å². The van der Waals surface area contributed by atoms with E-state index in [1.807, 2.05) is 0 Å². The molecule has 1 atom stereocenters. The van der Waals surface area contributed by atoms with Crippen LogP contribution in [0.4, 0.5) is 5.82 Å². The van der Waals surface area contributed by atoms with Gasteiger partial charge in [-0.05, 0) is 31.6 Å². The van der Waals surface area contributed by atoms with Crippen molar-refractivity contribution in [3.8, 4) is 0 Å². The van der Waals surface area contributed by atoms with Crippen molar-refractivity contribution >= 4 is 5.82 Å². The van der Waals surface area contributed by atoms with Crippen LogP contribution < -0.4 is 5.73 Å². The molecule has 0 amide bonds. The van der Waals surface area contributed by atoms with Gasteiger partial charge in [-0.3, -0.25) is 0 Å². The Kier molecular flexibility index (Phi) is 1.64. The molecule has 1 fully saturated rings. The minimum atomic E-state index is 0.722. The Hall–Kier alpha value is -0.990. The van der Waals surface area contributed by atoms with E-state index in [-0.39, 0.29) is 0 Å². The summed E-state index contributed by atoms with van der Waals surface area (Å²) in [5.41, 5.74) is 7.25. The summed E-state index contributed by atoms with van der Waals surface area (Å²) >= 11 is 0. The van der Waals surface area contributed by atoms with E-state index in [1.54, 1.807) is 0 Å². The number of nitrogens with two attached hydrogens (primary N) is 1. The number of rotatable bonds is 1. The molecule has 1 aliphatic carbocycles. The summed E-state index contributed by atoms with van der Waals surface area (Å²) < 4.78 is 2.38. The molecule has 1 aromatic heterocycles. The lowest BCUT2D eigenvalue weighted by atomic mass is 9.98. The molecule has 76 valence electrons. The molecule has 0 aromatic carbocycles. The van der Waals surface area contributed by atoms with Gasteiger partial charge in [-0.25, -0.2) is 4.98 Å². The molecule has 3 nitrogen and oxygen atoms in total. The van der Waals surface area contributed by atoms with Crippen molar-refractivity contribution in [2.75, 3.05) is 5.73 Å². The smallest absolute Gasteiger partial charge is 0.145 e. The van der Waals surface area contributed by atoms with Gasteiger partial charge >= 0.3 is 0 Å². The number of hydrogen-bond acceptors (Lipinski definition) is 2. The molecule has 2 heterocycles. The Bertz CT molecular complexity index is 363. The molecule has 14 heavy (non-hydrogen) atoms. The van der Waals surface area contributed by atoms with Gasteiger partial charge in [0.05, 0.1) is 5.69 Å². The zero-order valence-electron chi connectivity index (χ0n) is 8.66. The molecule has 1 aliphatic heterocycles. The predicted octanol–water partition coefficient (Wildman–Crippen LogP) is 1.92. The molecule has 3 rings (SSSR count). The molecule has 0 bridgehead atoms. The van der Waals surface area contributed by atoms with Gasteiger partial charge in [-0.15, -0.1) is 0 Å². The van der Waals surface area contributed by atoms with E-state index < -0.39 is 0 Å². The van der Waals surface area contributed by atoms with Gasteiger partial charge < -0.3 is 10.3 Å². The van der Waals surface area contributed by atoms with Gasteiger partial charge in [0.25, 0.3) is 0 Å². The van der Waals surface area contributed by atoms with Crippen molar-refractivity contribution in [3.05, 3.63) is 11.5 Å². The minimum absolute atomic E-state index is 0.722. The third kappa shape index (κ3) is 1.15. The van der Waals surface area contributed by atoms with Gasteiger partial charge in [0.15, 0.2) is 0 Å². The Morgan fingerprint density at radius 1 is 1.36 bits per heavy atom. The fourth-order valence-electron chi connectivity index (χ4n) is 2.42. The number of anilines is 1. The van der Waals surface area contributed by atoms with E-state index in [2.05, 4.69) is 16.5 Å². The zero-order chi connectivity index (χ0) is 9.71. The SMILES string of the molecule is CC1CCn2c(C3CC3)nc(N)c2C1. The quantitative estimate of drug-likeness (QED) is 0.737. The number of aromatic nitrogens is 2. The van der Waals surface area contributed by atoms with Crippen LogP contribution >= 0.6 is 0 Å². The topological polar surface area (TPSA) is 43.8 Å². The molecule has 3 heteroatoms. The molecule has 0 spiro atoms. The van der Waals surface area contributed by atoms with Crippen LogP contribution in [0.3, 0.4) is 0 Å². The normalized spacial score (nSPS) is 26.2. The average molecular weight is 191 g/mol. The number of nitrogens with zero attached hydrogens (tertiary/aromatic N) is 2. The monoisotopic (exact) mass is 191 g/mol. The van der Waals surface area contributed by atoms with E-state index in [9.17, 15) is 0 Å². The summed E-state index contributed by atoms with van der Waals surface area (Å²) in [6.07, 6.45) is 5.02. The van der Waals surface area contributed by atoms with Crippen LogP contribution in [0, 0.1) is 5.92 Å². The Labute approximate surface area is 84.3 Å². The highest BCUT2D eigenvalue weighted by atomic mass is 15.1. The highest BCUT2D eigenvalue weighted by molar-refractivity contribution is 5.39. The molecule has 1 unspecified atom stereocenters. The van der Waals surface area contributed by atoms with Gasteiger partial charge in [0, 0.05) is 12.5 Å². The lowest BCUT2D eigenvalue weighted by molar-refractivity contribution is 0.409. The number of hydrogen-bond donors (Lipinski definition) is 1. The van der Waals surface area contributed by atoms with Crippen LogP contribution in [0.25, 0.3) is 0 Å². The standard InChI is InChI=1S/C11H17N3/c1-7-4-5-14-9(6-7)10(12)13-11(14)8-2-3-8/h7-8H,2-6,12H2,1H3. The number of imidazole rings is 1. The van der Waals surface area contributed by atoms with E-state index in [0.717, 1.165) is 30.6 Å². The van der Waals surface area contributed by atoms with Crippen LogP contribution in [0.2, 0.25) is 0 Å². The van der Waals surface area contributed by atoms with Crippen molar-refractivity contribution in [2.45, 2.75) is 45.1 Å². The fraction of sp³-hybridized carbons (Fsp3) is 0.727. The van der Waals surface area contributed by atoms with Crippen LogP contribution in [-0.2, 0) is 13.0 Å². The van der Waals surface area contributed by atoms with Crippen molar-refractivity contribution in [1.82, 2.24) is 9.55 Å². The molecular formula is C11H17N3. The lowest BCUT2D eigenvalue weighted by Crippen LogP contribution is -2.18. The molecule has 0 saturated heterocycles. The summed E-state index contributed by atoms with van der Waals surface area (Å²) in [6.45, 7) is 3.43. The first kappa shape index (κ1) is 8.33. The highest BCUT2D eigenvalue weighted by Gasteiger charge is 2.32. The van der Waals surface area contributed by atoms with Gasteiger partial charge in [0.1, 0.15) is 11.6 Å². The first-order valence-electron chi connectivity index (χ1n) is 5.60. The van der Waals surface area contributed by atoms with Crippen molar-refractivity contribution < 1.29 is 0 Å². The zero-order valence-corrected chi connectivity index (χ0v) is 8.66. The largest absolute Gasteiger partial charge is 0.382 e. The summed E-state index contributed by atoms with van der Waals surface area (Å²) in [5, 5.41) is 0. The first-order chi connectivity index (χ1) is 6.75. The second kappa shape index (κ2) is 2.75. The van der Waals surface area contributed by atoms with Gasteiger partial charge in [-0.2, -0.15) is 0 Å². The predicted molar refractivity (Wildman–Crippen MR) is 56.1 cm³/mol. The summed E-state index contributed by atoms with van der Waals surface area (Å²) in [7, 11) is 0. The highest BCUT2D eigenvalue weighted by Crippen LogP contribution is 2.41. The van der Waals surface area contributed by atoms with E-state index in [4.69, 9.17) is 5.73 Å². The fourth-order valence-corrected chi connectivity index (χ4v) is 2.42. The third-order valence-corrected chi connectivity index (χ3v) is 3.46. The van der Waals surface area contributed by atoms with E-state index >= 15 is 0 Å². The van der Waals surface area contributed by atoms with Crippen LogP contribution in [0.1, 0.15) is 43.6 Å². The molecule has 1 saturated carbocycles. The van der Waals surface area contributed by atoms with E-state index in [0.29, 0.717) is 0 Å². The van der Waals surface area contributed by atoms with Gasteiger partial charge in [-0.1, -0.05) is 6.92 Å². The average Bonchev–Trinajstić information content (AvgIpc) is 2.94.